The summed E-state index contributed by atoms with van der Waals surface area (Å²) < 4.78 is 0. The minimum absolute atomic E-state index is 0.564. The predicted molar refractivity (Wildman–Crippen MR) is 69.0 cm³/mol. The van der Waals surface area contributed by atoms with E-state index in [1.165, 1.54) is 19.4 Å². The molecule has 0 saturated carbocycles. The lowest BCUT2D eigenvalue weighted by atomic mass is 9.96. The van der Waals surface area contributed by atoms with E-state index < -0.39 is 0 Å². The van der Waals surface area contributed by atoms with Crippen molar-refractivity contribution in [2.45, 2.75) is 53.5 Å². The summed E-state index contributed by atoms with van der Waals surface area (Å²) in [6.45, 7) is 14.5. The van der Waals surface area contributed by atoms with Crippen LogP contribution in [0.1, 0.15) is 47.5 Å². The lowest BCUT2D eigenvalue weighted by Gasteiger charge is -2.35. The molecule has 0 radical (unpaired) electrons. The highest BCUT2D eigenvalue weighted by atomic mass is 15.2. The van der Waals surface area contributed by atoms with Gasteiger partial charge >= 0.3 is 0 Å². The molecule has 0 amide bonds. The Bertz CT molecular complexity index is 147. The van der Waals surface area contributed by atoms with Crippen molar-refractivity contribution in [1.82, 2.24) is 4.90 Å². The van der Waals surface area contributed by atoms with E-state index in [1.54, 1.807) is 0 Å². The van der Waals surface area contributed by atoms with Crippen molar-refractivity contribution in [3.8, 4) is 0 Å². The van der Waals surface area contributed by atoms with Crippen LogP contribution in [0.3, 0.4) is 0 Å². The topological polar surface area (TPSA) is 29.3 Å². The van der Waals surface area contributed by atoms with Crippen LogP contribution in [-0.2, 0) is 0 Å². The van der Waals surface area contributed by atoms with Gasteiger partial charge in [0.1, 0.15) is 0 Å². The fourth-order valence-corrected chi connectivity index (χ4v) is 2.04. The third-order valence-corrected chi connectivity index (χ3v) is 3.66. The van der Waals surface area contributed by atoms with Crippen LogP contribution in [0.4, 0.5) is 0 Å². The Morgan fingerprint density at radius 3 is 2.00 bits per heavy atom. The molecule has 0 saturated heterocycles. The fraction of sp³-hybridized carbons (Fsp3) is 1.00. The molecule has 0 heterocycles. The minimum atomic E-state index is 0.564. The van der Waals surface area contributed by atoms with Gasteiger partial charge in [-0.3, -0.25) is 4.90 Å². The molecule has 0 fully saturated rings. The first kappa shape index (κ1) is 14.9. The summed E-state index contributed by atoms with van der Waals surface area (Å²) in [4.78, 5) is 2.56. The number of hydrogen-bond donors (Lipinski definition) is 1. The molecule has 0 aromatic rings. The fourth-order valence-electron chi connectivity index (χ4n) is 2.04. The van der Waals surface area contributed by atoms with Crippen molar-refractivity contribution in [3.05, 3.63) is 0 Å². The molecule has 15 heavy (non-hydrogen) atoms. The van der Waals surface area contributed by atoms with Crippen molar-refractivity contribution in [2.75, 3.05) is 19.6 Å². The molecule has 2 heteroatoms. The molecular formula is C13H30N2. The summed E-state index contributed by atoms with van der Waals surface area (Å²) in [5, 5.41) is 0. The van der Waals surface area contributed by atoms with Gasteiger partial charge in [-0.05, 0) is 18.4 Å². The van der Waals surface area contributed by atoms with E-state index in [-0.39, 0.29) is 0 Å². The van der Waals surface area contributed by atoms with E-state index in [2.05, 4.69) is 39.5 Å². The average Bonchev–Trinajstić information content (AvgIpc) is 2.27. The van der Waals surface area contributed by atoms with Crippen LogP contribution >= 0.6 is 0 Å². The molecule has 0 spiro atoms. The molecule has 3 unspecified atom stereocenters. The highest BCUT2D eigenvalue weighted by molar-refractivity contribution is 4.77. The largest absolute Gasteiger partial charge is 0.329 e. The van der Waals surface area contributed by atoms with Gasteiger partial charge in [0.2, 0.25) is 0 Å². The zero-order valence-corrected chi connectivity index (χ0v) is 11.3. The van der Waals surface area contributed by atoms with Gasteiger partial charge in [-0.2, -0.15) is 0 Å². The van der Waals surface area contributed by atoms with Gasteiger partial charge in [0.05, 0.1) is 0 Å². The maximum Gasteiger partial charge on any atom is 0.0243 e. The van der Waals surface area contributed by atoms with Crippen LogP contribution < -0.4 is 5.73 Å². The monoisotopic (exact) mass is 214 g/mol. The Hall–Kier alpha value is -0.0800. The average molecular weight is 214 g/mol. The lowest BCUT2D eigenvalue weighted by Crippen LogP contribution is -2.46. The molecular weight excluding hydrogens is 184 g/mol. The summed E-state index contributed by atoms with van der Waals surface area (Å²) in [5.74, 6) is 1.49. The molecule has 3 atom stereocenters. The van der Waals surface area contributed by atoms with Gasteiger partial charge < -0.3 is 5.73 Å². The van der Waals surface area contributed by atoms with E-state index in [0.29, 0.717) is 12.0 Å². The Labute approximate surface area is 96.2 Å². The van der Waals surface area contributed by atoms with Gasteiger partial charge in [-0.25, -0.2) is 0 Å². The zero-order chi connectivity index (χ0) is 11.8. The number of nitrogens with zero attached hydrogens (tertiary/aromatic N) is 1. The van der Waals surface area contributed by atoms with Crippen LogP contribution in [0.5, 0.6) is 0 Å². The maximum atomic E-state index is 5.90. The second-order valence-electron chi connectivity index (χ2n) is 4.79. The minimum Gasteiger partial charge on any atom is -0.329 e. The lowest BCUT2D eigenvalue weighted by molar-refractivity contribution is 0.137. The van der Waals surface area contributed by atoms with E-state index in [1.807, 2.05) is 0 Å². The smallest absolute Gasteiger partial charge is 0.0243 e. The molecule has 0 rings (SSSR count). The normalized spacial score (nSPS) is 17.8. The highest BCUT2D eigenvalue weighted by Crippen LogP contribution is 2.16. The summed E-state index contributed by atoms with van der Waals surface area (Å²) in [7, 11) is 0. The molecule has 2 N–H and O–H groups in total. The standard InChI is InChI=1S/C13H30N2/c1-6-11(4)10-15(8-3)13(9-14)12(5)7-2/h11-13H,6-10,14H2,1-5H3. The van der Waals surface area contributed by atoms with Gasteiger partial charge in [0, 0.05) is 19.1 Å². The second-order valence-corrected chi connectivity index (χ2v) is 4.79. The van der Waals surface area contributed by atoms with Crippen molar-refractivity contribution in [1.29, 1.82) is 0 Å². The highest BCUT2D eigenvalue weighted by Gasteiger charge is 2.21. The Kier molecular flexibility index (Phi) is 8.07. The van der Waals surface area contributed by atoms with Crippen LogP contribution in [0.25, 0.3) is 0 Å². The van der Waals surface area contributed by atoms with Crippen LogP contribution in [0, 0.1) is 11.8 Å². The Morgan fingerprint density at radius 2 is 1.67 bits per heavy atom. The molecule has 2 nitrogen and oxygen atoms in total. The molecule has 0 aromatic carbocycles. The van der Waals surface area contributed by atoms with Gasteiger partial charge in [-0.1, -0.05) is 47.5 Å². The molecule has 0 aliphatic carbocycles. The van der Waals surface area contributed by atoms with Crippen LogP contribution in [-0.4, -0.2) is 30.6 Å². The quantitative estimate of drug-likeness (QED) is 0.673. The van der Waals surface area contributed by atoms with Crippen LogP contribution in [0.2, 0.25) is 0 Å². The summed E-state index contributed by atoms with van der Waals surface area (Å²) in [6, 6.07) is 0.564. The van der Waals surface area contributed by atoms with Gasteiger partial charge in [0.15, 0.2) is 0 Å². The molecule has 0 bridgehead atoms. The SMILES string of the molecule is CCC(C)CN(CC)C(CN)C(C)CC. The van der Waals surface area contributed by atoms with Crippen molar-refractivity contribution < 1.29 is 0 Å². The van der Waals surface area contributed by atoms with E-state index in [4.69, 9.17) is 5.73 Å². The first-order valence-corrected chi connectivity index (χ1v) is 6.54. The van der Waals surface area contributed by atoms with Crippen molar-refractivity contribution in [2.24, 2.45) is 17.6 Å². The number of rotatable bonds is 8. The van der Waals surface area contributed by atoms with E-state index in [9.17, 15) is 0 Å². The molecule has 92 valence electrons. The van der Waals surface area contributed by atoms with E-state index in [0.717, 1.165) is 19.0 Å². The predicted octanol–water partition coefficient (Wildman–Crippen LogP) is 2.73. The Morgan fingerprint density at radius 1 is 1.07 bits per heavy atom. The van der Waals surface area contributed by atoms with Gasteiger partial charge in [0.25, 0.3) is 0 Å². The molecule has 0 aromatic heterocycles. The maximum absolute atomic E-state index is 5.90. The first-order valence-electron chi connectivity index (χ1n) is 6.54. The number of nitrogens with two attached hydrogens (primary N) is 1. The third kappa shape index (κ3) is 4.98. The van der Waals surface area contributed by atoms with Crippen molar-refractivity contribution >= 4 is 0 Å². The van der Waals surface area contributed by atoms with E-state index >= 15 is 0 Å². The van der Waals surface area contributed by atoms with Gasteiger partial charge in [-0.15, -0.1) is 0 Å². The number of likely N-dealkylation sites (N-methyl/N-ethyl adjacent to an activating group) is 1. The summed E-state index contributed by atoms with van der Waals surface area (Å²) in [6.07, 6.45) is 2.48. The number of hydrogen-bond acceptors (Lipinski definition) is 2. The molecule has 0 aliphatic rings. The van der Waals surface area contributed by atoms with Crippen molar-refractivity contribution in [3.63, 3.8) is 0 Å². The second kappa shape index (κ2) is 8.12. The summed E-state index contributed by atoms with van der Waals surface area (Å²) in [5.41, 5.74) is 5.90. The zero-order valence-electron chi connectivity index (χ0n) is 11.3. The first-order chi connectivity index (χ1) is 7.10. The molecule has 0 aliphatic heterocycles. The Balaban J connectivity index is 4.32. The summed E-state index contributed by atoms with van der Waals surface area (Å²) >= 11 is 0. The third-order valence-electron chi connectivity index (χ3n) is 3.66. The van der Waals surface area contributed by atoms with Crippen LogP contribution in [0.15, 0.2) is 0 Å².